The van der Waals surface area contributed by atoms with Crippen molar-refractivity contribution < 1.29 is 4.92 Å². The topological polar surface area (TPSA) is 58.4 Å². The molecule has 19 heavy (non-hydrogen) atoms. The van der Waals surface area contributed by atoms with E-state index in [2.05, 4.69) is 26.1 Å². The summed E-state index contributed by atoms with van der Waals surface area (Å²) in [6.45, 7) is 3.81. The van der Waals surface area contributed by atoms with E-state index >= 15 is 0 Å². The van der Waals surface area contributed by atoms with Gasteiger partial charge in [-0.2, -0.15) is 0 Å². The Balaban J connectivity index is 2.29. The van der Waals surface area contributed by atoms with E-state index in [-0.39, 0.29) is 10.6 Å². The van der Waals surface area contributed by atoms with Gasteiger partial charge in [-0.1, -0.05) is 0 Å². The van der Waals surface area contributed by atoms with Gasteiger partial charge in [-0.25, -0.2) is 0 Å². The quantitative estimate of drug-likeness (QED) is 0.685. The Morgan fingerprint density at radius 1 is 1.53 bits per heavy atom. The number of nitro groups is 1. The zero-order valence-corrected chi connectivity index (χ0v) is 12.7. The SMILES string of the molecule is Cc1cc(N(C)C2CCCNC2)c(Br)cc1[N+](=O)[O-]. The number of nitro benzene ring substituents is 1. The fraction of sp³-hybridized carbons (Fsp3) is 0.538. The van der Waals surface area contributed by atoms with Crippen LogP contribution < -0.4 is 10.2 Å². The van der Waals surface area contributed by atoms with Crippen molar-refractivity contribution in [2.24, 2.45) is 0 Å². The third kappa shape index (κ3) is 3.06. The van der Waals surface area contributed by atoms with Gasteiger partial charge in [0.25, 0.3) is 5.69 Å². The lowest BCUT2D eigenvalue weighted by molar-refractivity contribution is -0.385. The lowest BCUT2D eigenvalue weighted by atomic mass is 10.0. The predicted molar refractivity (Wildman–Crippen MR) is 79.8 cm³/mol. The lowest BCUT2D eigenvalue weighted by Crippen LogP contribution is -2.44. The average molecular weight is 328 g/mol. The van der Waals surface area contributed by atoms with Gasteiger partial charge in [0.15, 0.2) is 0 Å². The van der Waals surface area contributed by atoms with Gasteiger partial charge in [0.1, 0.15) is 0 Å². The normalized spacial score (nSPS) is 19.2. The molecule has 0 aromatic heterocycles. The van der Waals surface area contributed by atoms with E-state index < -0.39 is 0 Å². The first-order valence-corrected chi connectivity index (χ1v) is 7.18. The summed E-state index contributed by atoms with van der Waals surface area (Å²) in [7, 11) is 2.04. The third-order valence-corrected chi connectivity index (χ3v) is 4.30. The average Bonchev–Trinajstić information content (AvgIpc) is 2.41. The molecule has 0 bridgehead atoms. The number of nitrogens with one attached hydrogen (secondary N) is 1. The highest BCUT2D eigenvalue weighted by molar-refractivity contribution is 9.10. The minimum atomic E-state index is -0.341. The molecule has 1 unspecified atom stereocenters. The first-order chi connectivity index (χ1) is 9.00. The molecule has 2 rings (SSSR count). The van der Waals surface area contributed by atoms with Crippen LogP contribution in [-0.2, 0) is 0 Å². The third-order valence-electron chi connectivity index (χ3n) is 3.66. The Bertz CT molecular complexity index is 487. The van der Waals surface area contributed by atoms with Gasteiger partial charge in [0, 0.05) is 35.7 Å². The van der Waals surface area contributed by atoms with Crippen LogP contribution in [0.2, 0.25) is 0 Å². The standard InChI is InChI=1S/C13H18BrN3O2/c1-9-6-13(11(14)7-12(9)17(18)19)16(2)10-4-3-5-15-8-10/h6-7,10,15H,3-5,8H2,1-2H3. The number of anilines is 1. The molecule has 1 atom stereocenters. The molecule has 104 valence electrons. The number of hydrogen-bond donors (Lipinski definition) is 1. The van der Waals surface area contributed by atoms with E-state index in [0.29, 0.717) is 11.6 Å². The van der Waals surface area contributed by atoms with Crippen LogP contribution >= 0.6 is 15.9 Å². The molecule has 0 spiro atoms. The fourth-order valence-corrected chi connectivity index (χ4v) is 3.09. The Labute approximate surface area is 121 Å². The summed E-state index contributed by atoms with van der Waals surface area (Å²) in [5, 5.41) is 14.3. The second-order valence-corrected chi connectivity index (χ2v) is 5.81. The van der Waals surface area contributed by atoms with Crippen LogP contribution in [0.4, 0.5) is 11.4 Å². The number of hydrogen-bond acceptors (Lipinski definition) is 4. The van der Waals surface area contributed by atoms with E-state index in [1.807, 2.05) is 13.1 Å². The highest BCUT2D eigenvalue weighted by Crippen LogP contribution is 2.34. The van der Waals surface area contributed by atoms with Gasteiger partial charge in [-0.05, 0) is 48.3 Å². The maximum Gasteiger partial charge on any atom is 0.273 e. The highest BCUT2D eigenvalue weighted by Gasteiger charge is 2.22. The number of aryl methyl sites for hydroxylation is 1. The number of halogens is 1. The first kappa shape index (κ1) is 14.3. The summed E-state index contributed by atoms with van der Waals surface area (Å²) >= 11 is 3.45. The maximum absolute atomic E-state index is 10.9. The zero-order chi connectivity index (χ0) is 14.0. The van der Waals surface area contributed by atoms with E-state index in [4.69, 9.17) is 0 Å². The van der Waals surface area contributed by atoms with Crippen molar-refractivity contribution in [2.75, 3.05) is 25.0 Å². The first-order valence-electron chi connectivity index (χ1n) is 6.39. The van der Waals surface area contributed by atoms with Gasteiger partial charge in [0.05, 0.1) is 10.6 Å². The molecule has 1 aliphatic rings. The zero-order valence-electron chi connectivity index (χ0n) is 11.1. The van der Waals surface area contributed by atoms with E-state index in [9.17, 15) is 10.1 Å². The second kappa shape index (κ2) is 5.88. The molecule has 1 fully saturated rings. The van der Waals surface area contributed by atoms with E-state index in [1.54, 1.807) is 13.0 Å². The lowest BCUT2D eigenvalue weighted by Gasteiger charge is -2.34. The molecule has 5 nitrogen and oxygen atoms in total. The Morgan fingerprint density at radius 2 is 2.26 bits per heavy atom. The van der Waals surface area contributed by atoms with Crippen molar-refractivity contribution in [2.45, 2.75) is 25.8 Å². The van der Waals surface area contributed by atoms with Crippen LogP contribution in [0.15, 0.2) is 16.6 Å². The van der Waals surface area contributed by atoms with Crippen LogP contribution in [0.5, 0.6) is 0 Å². The highest BCUT2D eigenvalue weighted by atomic mass is 79.9. The van der Waals surface area contributed by atoms with Crippen molar-refractivity contribution in [3.8, 4) is 0 Å². The van der Waals surface area contributed by atoms with Gasteiger partial charge in [-0.15, -0.1) is 0 Å². The number of likely N-dealkylation sites (N-methyl/N-ethyl adjacent to an activating group) is 1. The summed E-state index contributed by atoms with van der Waals surface area (Å²) in [6.07, 6.45) is 2.31. The molecule has 1 aromatic carbocycles. The molecule has 1 aliphatic heterocycles. The summed E-state index contributed by atoms with van der Waals surface area (Å²) in [4.78, 5) is 12.8. The largest absolute Gasteiger partial charge is 0.369 e. The van der Waals surface area contributed by atoms with Crippen LogP contribution in [0.1, 0.15) is 18.4 Å². The molecular weight excluding hydrogens is 310 g/mol. The summed E-state index contributed by atoms with van der Waals surface area (Å²) < 4.78 is 0.776. The molecular formula is C13H18BrN3O2. The predicted octanol–water partition coefficient (Wildman–Crippen LogP) is 2.85. The van der Waals surface area contributed by atoms with Crippen LogP contribution in [0.25, 0.3) is 0 Å². The van der Waals surface area contributed by atoms with Gasteiger partial charge >= 0.3 is 0 Å². The van der Waals surface area contributed by atoms with Gasteiger partial charge in [-0.3, -0.25) is 10.1 Å². The molecule has 0 saturated carbocycles. The van der Waals surface area contributed by atoms with Crippen molar-refractivity contribution in [1.82, 2.24) is 5.32 Å². The number of benzene rings is 1. The summed E-state index contributed by atoms with van der Waals surface area (Å²) in [6, 6.07) is 3.92. The minimum absolute atomic E-state index is 0.158. The summed E-state index contributed by atoms with van der Waals surface area (Å²) in [5.41, 5.74) is 1.86. The van der Waals surface area contributed by atoms with Crippen molar-refractivity contribution in [1.29, 1.82) is 0 Å². The molecule has 1 saturated heterocycles. The molecule has 0 aliphatic carbocycles. The second-order valence-electron chi connectivity index (χ2n) is 4.96. The van der Waals surface area contributed by atoms with E-state index in [0.717, 1.165) is 29.7 Å². The fourth-order valence-electron chi connectivity index (χ4n) is 2.48. The minimum Gasteiger partial charge on any atom is -0.369 e. The maximum atomic E-state index is 10.9. The molecule has 1 heterocycles. The number of nitrogens with zero attached hydrogens (tertiary/aromatic N) is 2. The number of rotatable bonds is 3. The molecule has 0 radical (unpaired) electrons. The molecule has 1 aromatic rings. The van der Waals surface area contributed by atoms with Crippen LogP contribution in [-0.4, -0.2) is 31.1 Å². The van der Waals surface area contributed by atoms with Crippen molar-refractivity contribution in [3.05, 3.63) is 32.3 Å². The van der Waals surface area contributed by atoms with Gasteiger partial charge < -0.3 is 10.2 Å². The monoisotopic (exact) mass is 327 g/mol. The smallest absolute Gasteiger partial charge is 0.273 e. The Hall–Kier alpha value is -1.14. The number of piperidine rings is 1. The Morgan fingerprint density at radius 3 is 2.84 bits per heavy atom. The van der Waals surface area contributed by atoms with Crippen molar-refractivity contribution in [3.63, 3.8) is 0 Å². The molecule has 6 heteroatoms. The van der Waals surface area contributed by atoms with Crippen LogP contribution in [0.3, 0.4) is 0 Å². The molecule has 1 N–H and O–H groups in total. The van der Waals surface area contributed by atoms with Crippen molar-refractivity contribution >= 4 is 27.3 Å². The molecule has 0 amide bonds. The Kier molecular flexibility index (Phi) is 4.42. The van der Waals surface area contributed by atoms with E-state index in [1.165, 1.54) is 6.42 Å². The van der Waals surface area contributed by atoms with Crippen LogP contribution in [0, 0.1) is 17.0 Å². The summed E-state index contributed by atoms with van der Waals surface area (Å²) in [5.74, 6) is 0. The van der Waals surface area contributed by atoms with Gasteiger partial charge in [0.2, 0.25) is 0 Å².